The number of carbonyl (C=O) groups excluding carboxylic acids is 1. The van der Waals surface area contributed by atoms with E-state index < -0.39 is 0 Å². The summed E-state index contributed by atoms with van der Waals surface area (Å²) in [6, 6.07) is 6.82. The quantitative estimate of drug-likeness (QED) is 0.815. The van der Waals surface area contributed by atoms with Crippen LogP contribution >= 0.6 is 0 Å². The van der Waals surface area contributed by atoms with Crippen molar-refractivity contribution in [1.29, 1.82) is 0 Å². The molecule has 110 valence electrons. The van der Waals surface area contributed by atoms with Crippen molar-refractivity contribution >= 4 is 11.7 Å². The van der Waals surface area contributed by atoms with Gasteiger partial charge in [0.05, 0.1) is 38.0 Å². The highest BCUT2D eigenvalue weighted by Crippen LogP contribution is 2.17. The minimum atomic E-state index is -0.185. The zero-order chi connectivity index (χ0) is 14.5. The van der Waals surface area contributed by atoms with Gasteiger partial charge in [-0.15, -0.1) is 0 Å². The molecule has 1 aromatic carbocycles. The average molecular weight is 281 g/mol. The van der Waals surface area contributed by atoms with Gasteiger partial charge in [-0.3, -0.25) is 0 Å². The summed E-state index contributed by atoms with van der Waals surface area (Å²) in [4.78, 5) is 14.8. The molecule has 1 N–H and O–H groups in total. The number of nitrogens with zero attached hydrogens (tertiary/aromatic N) is 1. The van der Waals surface area contributed by atoms with Gasteiger partial charge in [0.15, 0.2) is 6.54 Å². The van der Waals surface area contributed by atoms with Gasteiger partial charge in [-0.1, -0.05) is 12.1 Å². The van der Waals surface area contributed by atoms with Crippen LogP contribution in [0.2, 0.25) is 0 Å². The summed E-state index contributed by atoms with van der Waals surface area (Å²) in [5, 5.41) is 0. The summed E-state index contributed by atoms with van der Waals surface area (Å²) in [6.07, 6.45) is -0.0680. The molecule has 20 heavy (non-hydrogen) atoms. The zero-order valence-corrected chi connectivity index (χ0v) is 12.1. The summed E-state index contributed by atoms with van der Waals surface area (Å²) >= 11 is 0. The molecule has 0 amide bonds. The number of rotatable bonds is 4. The lowest BCUT2D eigenvalue weighted by molar-refractivity contribution is -0.893. The molecule has 1 aromatic rings. The van der Waals surface area contributed by atoms with Crippen LogP contribution in [0.15, 0.2) is 24.3 Å². The Labute approximate surface area is 119 Å². The SMILES string of the molecule is CC(C)OC(=O)C[NH+]1CCN(c2ccccc2F)CC1. The molecule has 0 radical (unpaired) electrons. The zero-order valence-electron chi connectivity index (χ0n) is 12.1. The molecule has 4 nitrogen and oxygen atoms in total. The van der Waals surface area contributed by atoms with Crippen molar-refractivity contribution in [3.05, 3.63) is 30.1 Å². The topological polar surface area (TPSA) is 34.0 Å². The largest absolute Gasteiger partial charge is 0.459 e. The van der Waals surface area contributed by atoms with Gasteiger partial charge in [0.25, 0.3) is 0 Å². The summed E-state index contributed by atoms with van der Waals surface area (Å²) < 4.78 is 18.9. The molecule has 5 heteroatoms. The number of hydrogen-bond acceptors (Lipinski definition) is 3. The number of esters is 1. The second-order valence-corrected chi connectivity index (χ2v) is 5.40. The van der Waals surface area contributed by atoms with E-state index in [9.17, 15) is 9.18 Å². The Morgan fingerprint density at radius 2 is 2.00 bits per heavy atom. The van der Waals surface area contributed by atoms with Gasteiger partial charge in [0.1, 0.15) is 5.82 Å². The predicted octanol–water partition coefficient (Wildman–Crippen LogP) is 0.482. The molecule has 0 saturated carbocycles. The summed E-state index contributed by atoms with van der Waals surface area (Å²) in [7, 11) is 0. The molecule has 1 heterocycles. The predicted molar refractivity (Wildman–Crippen MR) is 75.4 cm³/mol. The van der Waals surface area contributed by atoms with Crippen molar-refractivity contribution in [2.24, 2.45) is 0 Å². The number of anilines is 1. The van der Waals surface area contributed by atoms with E-state index in [4.69, 9.17) is 4.74 Å². The van der Waals surface area contributed by atoms with Crippen LogP contribution in [0.5, 0.6) is 0 Å². The fourth-order valence-corrected chi connectivity index (χ4v) is 2.46. The highest BCUT2D eigenvalue weighted by molar-refractivity contribution is 5.70. The van der Waals surface area contributed by atoms with E-state index in [1.54, 1.807) is 12.1 Å². The minimum absolute atomic E-state index is 0.0680. The third-order valence-corrected chi connectivity index (χ3v) is 3.43. The Morgan fingerprint density at radius 1 is 1.35 bits per heavy atom. The van der Waals surface area contributed by atoms with Crippen molar-refractivity contribution in [2.45, 2.75) is 20.0 Å². The molecule has 0 spiro atoms. The number of nitrogens with one attached hydrogen (secondary N) is 1. The van der Waals surface area contributed by atoms with Crippen LogP contribution in [0.4, 0.5) is 10.1 Å². The maximum atomic E-state index is 13.7. The third-order valence-electron chi connectivity index (χ3n) is 3.43. The maximum absolute atomic E-state index is 13.7. The second-order valence-electron chi connectivity index (χ2n) is 5.40. The van der Waals surface area contributed by atoms with E-state index in [0.29, 0.717) is 12.2 Å². The van der Waals surface area contributed by atoms with Crippen LogP contribution < -0.4 is 9.80 Å². The fourth-order valence-electron chi connectivity index (χ4n) is 2.46. The van der Waals surface area contributed by atoms with Crippen molar-refractivity contribution in [1.82, 2.24) is 0 Å². The van der Waals surface area contributed by atoms with E-state index in [1.165, 1.54) is 11.0 Å². The van der Waals surface area contributed by atoms with Crippen molar-refractivity contribution in [3.63, 3.8) is 0 Å². The van der Waals surface area contributed by atoms with E-state index in [1.807, 2.05) is 24.8 Å². The first kappa shape index (κ1) is 14.8. The molecule has 0 atom stereocenters. The Balaban J connectivity index is 1.84. The van der Waals surface area contributed by atoms with Gasteiger partial charge in [0.2, 0.25) is 0 Å². The number of benzene rings is 1. The Morgan fingerprint density at radius 3 is 2.60 bits per heavy atom. The second kappa shape index (κ2) is 6.70. The Kier molecular flexibility index (Phi) is 4.95. The normalized spacial score (nSPS) is 16.5. The lowest BCUT2D eigenvalue weighted by atomic mass is 10.2. The molecular weight excluding hydrogens is 259 g/mol. The van der Waals surface area contributed by atoms with Crippen LogP contribution in [0.1, 0.15) is 13.8 Å². The van der Waals surface area contributed by atoms with Crippen molar-refractivity contribution in [2.75, 3.05) is 37.6 Å². The van der Waals surface area contributed by atoms with Crippen molar-refractivity contribution in [3.8, 4) is 0 Å². The Bertz CT molecular complexity index is 457. The standard InChI is InChI=1S/C15H21FN2O2/c1-12(2)20-15(19)11-17-7-9-18(10-8-17)14-6-4-3-5-13(14)16/h3-6,12H,7-11H2,1-2H3/p+1. The molecule has 1 saturated heterocycles. The van der Waals surface area contributed by atoms with Gasteiger partial charge in [0, 0.05) is 0 Å². The molecule has 0 unspecified atom stereocenters. The fraction of sp³-hybridized carbons (Fsp3) is 0.533. The monoisotopic (exact) mass is 281 g/mol. The number of ether oxygens (including phenoxy) is 1. The molecule has 1 aliphatic heterocycles. The number of halogens is 1. The number of hydrogen-bond donors (Lipinski definition) is 1. The summed E-state index contributed by atoms with van der Waals surface area (Å²) in [6.45, 7) is 7.25. The molecule has 0 bridgehead atoms. The molecule has 0 aromatic heterocycles. The highest BCUT2D eigenvalue weighted by Gasteiger charge is 2.24. The number of quaternary nitrogens is 1. The van der Waals surface area contributed by atoms with Gasteiger partial charge < -0.3 is 14.5 Å². The summed E-state index contributed by atoms with van der Waals surface area (Å²) in [5.74, 6) is -0.343. The van der Waals surface area contributed by atoms with Crippen molar-refractivity contribution < 1.29 is 18.8 Å². The smallest absolute Gasteiger partial charge is 0.361 e. The van der Waals surface area contributed by atoms with Crippen LogP contribution in [-0.4, -0.2) is 44.8 Å². The number of para-hydroxylation sites is 1. The van der Waals surface area contributed by atoms with Crippen LogP contribution in [0.3, 0.4) is 0 Å². The average Bonchev–Trinajstić information content (AvgIpc) is 2.39. The van der Waals surface area contributed by atoms with Gasteiger partial charge in [-0.2, -0.15) is 0 Å². The third kappa shape index (κ3) is 3.93. The first-order chi connectivity index (χ1) is 9.56. The van der Waals surface area contributed by atoms with Gasteiger partial charge in [-0.25, -0.2) is 9.18 Å². The lowest BCUT2D eigenvalue weighted by Crippen LogP contribution is -3.15. The van der Waals surface area contributed by atoms with E-state index >= 15 is 0 Å². The van der Waals surface area contributed by atoms with E-state index in [0.717, 1.165) is 26.2 Å². The first-order valence-electron chi connectivity index (χ1n) is 7.09. The highest BCUT2D eigenvalue weighted by atomic mass is 19.1. The van der Waals surface area contributed by atoms with Gasteiger partial charge >= 0.3 is 5.97 Å². The molecule has 2 rings (SSSR count). The lowest BCUT2D eigenvalue weighted by Gasteiger charge is -2.33. The van der Waals surface area contributed by atoms with Crippen LogP contribution in [0, 0.1) is 5.82 Å². The molecular formula is C15H22FN2O2+. The van der Waals surface area contributed by atoms with Gasteiger partial charge in [-0.05, 0) is 26.0 Å². The van der Waals surface area contributed by atoms with E-state index in [2.05, 4.69) is 0 Å². The Hall–Kier alpha value is -1.62. The molecule has 1 fully saturated rings. The van der Waals surface area contributed by atoms with Crippen LogP contribution in [0.25, 0.3) is 0 Å². The van der Waals surface area contributed by atoms with E-state index in [-0.39, 0.29) is 17.9 Å². The minimum Gasteiger partial charge on any atom is -0.459 e. The maximum Gasteiger partial charge on any atom is 0.361 e. The molecule has 0 aliphatic carbocycles. The number of carbonyl (C=O) groups is 1. The summed E-state index contributed by atoms with van der Waals surface area (Å²) in [5.41, 5.74) is 0.649. The first-order valence-corrected chi connectivity index (χ1v) is 7.09. The number of piperazine rings is 1. The van der Waals surface area contributed by atoms with Crippen LogP contribution in [-0.2, 0) is 9.53 Å². The molecule has 1 aliphatic rings.